The number of methoxy groups -OCH3 is 1. The quantitative estimate of drug-likeness (QED) is 0.753. The molecular weight excluding hydrogens is 230 g/mol. The minimum Gasteiger partial charge on any atom is -0.383 e. The van der Waals surface area contributed by atoms with Crippen molar-refractivity contribution >= 4 is 17.5 Å². The van der Waals surface area contributed by atoms with Gasteiger partial charge in [0, 0.05) is 25.4 Å². The average molecular weight is 244 g/mol. The Labute approximate surface area is 99.2 Å². The highest BCUT2D eigenvalue weighted by molar-refractivity contribution is 6.17. The summed E-state index contributed by atoms with van der Waals surface area (Å²) in [5, 5.41) is 2.81. The van der Waals surface area contributed by atoms with Gasteiger partial charge >= 0.3 is 0 Å². The molecule has 0 bridgehead atoms. The summed E-state index contributed by atoms with van der Waals surface area (Å²) in [5.41, 5.74) is 0.429. The second-order valence-corrected chi connectivity index (χ2v) is 3.61. The molecule has 1 amide bonds. The Morgan fingerprint density at radius 1 is 1.56 bits per heavy atom. The summed E-state index contributed by atoms with van der Waals surface area (Å²) < 4.78 is 4.99. The fourth-order valence-corrected chi connectivity index (χ4v) is 1.48. The van der Waals surface area contributed by atoms with Crippen LogP contribution in [0.5, 0.6) is 0 Å². The Hall–Kier alpha value is -1.20. The van der Waals surface area contributed by atoms with Crippen molar-refractivity contribution in [1.29, 1.82) is 0 Å². The molecule has 1 aromatic heterocycles. The molecule has 0 aliphatic rings. The van der Waals surface area contributed by atoms with Gasteiger partial charge in [-0.3, -0.25) is 4.79 Å². The van der Waals surface area contributed by atoms with E-state index in [-0.39, 0.29) is 11.9 Å². The van der Waals surface area contributed by atoms with Crippen molar-refractivity contribution in [2.75, 3.05) is 19.6 Å². The number of hydrogen-bond acceptors (Lipinski definition) is 4. The zero-order valence-electron chi connectivity index (χ0n) is 9.02. The number of alkyl halides is 1. The van der Waals surface area contributed by atoms with E-state index in [1.54, 1.807) is 7.11 Å². The molecule has 0 aliphatic heterocycles. The van der Waals surface area contributed by atoms with Crippen LogP contribution in [-0.2, 0) is 4.74 Å². The number of aromatic nitrogens is 2. The van der Waals surface area contributed by atoms with E-state index < -0.39 is 0 Å². The number of nitrogens with zero attached hydrogens (tertiary/aromatic N) is 2. The van der Waals surface area contributed by atoms with Gasteiger partial charge in [-0.15, -0.1) is 11.6 Å². The lowest BCUT2D eigenvalue weighted by molar-refractivity contribution is 0.0894. The summed E-state index contributed by atoms with van der Waals surface area (Å²) in [5.74, 6) is 0.257. The lowest BCUT2D eigenvalue weighted by Crippen LogP contribution is -2.38. The Morgan fingerprint density at radius 3 is 2.81 bits per heavy atom. The van der Waals surface area contributed by atoms with Gasteiger partial charge in [0.2, 0.25) is 0 Å². The number of amides is 1. The van der Waals surface area contributed by atoms with Crippen LogP contribution in [0.2, 0.25) is 0 Å². The maximum atomic E-state index is 11.7. The van der Waals surface area contributed by atoms with E-state index in [1.807, 2.05) is 0 Å². The van der Waals surface area contributed by atoms with Gasteiger partial charge in [-0.2, -0.15) is 0 Å². The first-order valence-corrected chi connectivity index (χ1v) is 5.42. The molecule has 1 unspecified atom stereocenters. The molecule has 1 heterocycles. The first-order chi connectivity index (χ1) is 7.77. The maximum Gasteiger partial charge on any atom is 0.254 e. The predicted molar refractivity (Wildman–Crippen MR) is 60.5 cm³/mol. The smallest absolute Gasteiger partial charge is 0.254 e. The van der Waals surface area contributed by atoms with E-state index in [4.69, 9.17) is 16.3 Å². The lowest BCUT2D eigenvalue weighted by atomic mass is 10.2. The molecular formula is C10H14ClN3O2. The third kappa shape index (κ3) is 4.12. The zero-order chi connectivity index (χ0) is 11.8. The number of carbonyl (C=O) groups excluding carboxylic acids is 1. The first-order valence-electron chi connectivity index (χ1n) is 4.88. The normalized spacial score (nSPS) is 12.1. The number of hydrogen-bond donors (Lipinski definition) is 1. The number of nitrogens with one attached hydrogen (secondary N) is 1. The topological polar surface area (TPSA) is 64.1 Å². The molecule has 88 valence electrons. The molecule has 1 aromatic rings. The van der Waals surface area contributed by atoms with E-state index in [2.05, 4.69) is 15.3 Å². The summed E-state index contributed by atoms with van der Waals surface area (Å²) in [7, 11) is 1.58. The largest absolute Gasteiger partial charge is 0.383 e. The van der Waals surface area contributed by atoms with E-state index in [0.29, 0.717) is 24.5 Å². The van der Waals surface area contributed by atoms with Crippen LogP contribution in [0.25, 0.3) is 0 Å². The molecule has 6 heteroatoms. The monoisotopic (exact) mass is 243 g/mol. The Morgan fingerprint density at radius 2 is 2.25 bits per heavy atom. The minimum atomic E-state index is -0.215. The van der Waals surface area contributed by atoms with Crippen molar-refractivity contribution in [3.63, 3.8) is 0 Å². The molecule has 1 atom stereocenters. The number of rotatable bonds is 6. The van der Waals surface area contributed by atoms with Crippen molar-refractivity contribution in [3.05, 3.63) is 24.3 Å². The minimum absolute atomic E-state index is 0.0878. The Kier molecular flexibility index (Phi) is 5.74. The molecule has 0 aliphatic carbocycles. The third-order valence-electron chi connectivity index (χ3n) is 1.98. The number of halogens is 1. The molecule has 0 aromatic carbocycles. The summed E-state index contributed by atoms with van der Waals surface area (Å²) in [6.45, 7) is 0.437. The van der Waals surface area contributed by atoms with Gasteiger partial charge in [-0.1, -0.05) is 0 Å². The molecule has 1 rings (SSSR count). The summed E-state index contributed by atoms with van der Waals surface area (Å²) in [4.78, 5) is 19.3. The molecule has 16 heavy (non-hydrogen) atoms. The lowest BCUT2D eigenvalue weighted by Gasteiger charge is -2.16. The standard InChI is InChI=1S/C10H14ClN3O2/c1-16-6-9(2-3-11)14-10(15)8-4-12-7-13-5-8/h4-5,7,9H,2-3,6H2,1H3,(H,14,15). The number of ether oxygens (including phenoxy) is 1. The van der Waals surface area contributed by atoms with Gasteiger partial charge in [0.05, 0.1) is 18.2 Å². The van der Waals surface area contributed by atoms with Crippen LogP contribution in [0.4, 0.5) is 0 Å². The molecule has 0 saturated heterocycles. The average Bonchev–Trinajstić information content (AvgIpc) is 2.31. The maximum absolute atomic E-state index is 11.7. The van der Waals surface area contributed by atoms with Gasteiger partial charge in [0.25, 0.3) is 5.91 Å². The third-order valence-corrected chi connectivity index (χ3v) is 2.20. The van der Waals surface area contributed by atoms with Crippen LogP contribution >= 0.6 is 11.6 Å². The van der Waals surface area contributed by atoms with Gasteiger partial charge in [0.15, 0.2) is 0 Å². The van der Waals surface area contributed by atoms with Crippen molar-refractivity contribution < 1.29 is 9.53 Å². The van der Waals surface area contributed by atoms with Crippen LogP contribution in [-0.4, -0.2) is 41.5 Å². The van der Waals surface area contributed by atoms with Crippen LogP contribution < -0.4 is 5.32 Å². The van der Waals surface area contributed by atoms with Gasteiger partial charge in [0.1, 0.15) is 6.33 Å². The molecule has 0 radical (unpaired) electrons. The van der Waals surface area contributed by atoms with E-state index in [9.17, 15) is 4.79 Å². The van der Waals surface area contributed by atoms with Crippen LogP contribution in [0.15, 0.2) is 18.7 Å². The van der Waals surface area contributed by atoms with E-state index in [0.717, 1.165) is 0 Å². The highest BCUT2D eigenvalue weighted by atomic mass is 35.5. The fourth-order valence-electron chi connectivity index (χ4n) is 1.22. The second kappa shape index (κ2) is 7.14. The summed E-state index contributed by atoms with van der Waals surface area (Å²) in [6.07, 6.45) is 4.97. The Balaban J connectivity index is 2.54. The molecule has 0 fully saturated rings. The van der Waals surface area contributed by atoms with Gasteiger partial charge < -0.3 is 10.1 Å². The predicted octanol–water partition coefficient (Wildman–Crippen LogP) is 0.850. The molecule has 0 saturated carbocycles. The Bertz CT molecular complexity index is 315. The number of carbonyl (C=O) groups is 1. The summed E-state index contributed by atoms with van der Waals surface area (Å²) in [6, 6.07) is -0.0878. The van der Waals surface area contributed by atoms with Gasteiger partial charge in [-0.05, 0) is 6.42 Å². The summed E-state index contributed by atoms with van der Waals surface area (Å²) >= 11 is 5.63. The SMILES string of the molecule is COCC(CCCl)NC(=O)c1cncnc1. The molecule has 1 N–H and O–H groups in total. The molecule has 5 nitrogen and oxygen atoms in total. The molecule has 0 spiro atoms. The van der Waals surface area contributed by atoms with E-state index in [1.165, 1.54) is 18.7 Å². The van der Waals surface area contributed by atoms with Crippen molar-refractivity contribution in [1.82, 2.24) is 15.3 Å². The highest BCUT2D eigenvalue weighted by Crippen LogP contribution is 1.99. The van der Waals surface area contributed by atoms with Gasteiger partial charge in [-0.25, -0.2) is 9.97 Å². The van der Waals surface area contributed by atoms with Crippen LogP contribution in [0.3, 0.4) is 0 Å². The van der Waals surface area contributed by atoms with Crippen LogP contribution in [0, 0.1) is 0 Å². The second-order valence-electron chi connectivity index (χ2n) is 3.23. The fraction of sp³-hybridized carbons (Fsp3) is 0.500. The first kappa shape index (κ1) is 12.9. The van der Waals surface area contributed by atoms with E-state index >= 15 is 0 Å². The highest BCUT2D eigenvalue weighted by Gasteiger charge is 2.13. The van der Waals surface area contributed by atoms with Crippen molar-refractivity contribution in [2.45, 2.75) is 12.5 Å². The van der Waals surface area contributed by atoms with Crippen LogP contribution in [0.1, 0.15) is 16.8 Å². The van der Waals surface area contributed by atoms with Crippen molar-refractivity contribution in [2.24, 2.45) is 0 Å². The zero-order valence-corrected chi connectivity index (χ0v) is 9.78. The van der Waals surface area contributed by atoms with Crippen molar-refractivity contribution in [3.8, 4) is 0 Å².